The average molecular weight is 320 g/mol. The molecule has 0 heterocycles. The van der Waals surface area contributed by atoms with Crippen LogP contribution in [-0.4, -0.2) is 8.07 Å². The molecule has 0 saturated carbocycles. The molecule has 0 aliphatic rings. The second-order valence-electron chi connectivity index (χ2n) is 3.00. The molecule has 0 amide bonds. The molecule has 0 fully saturated rings. The van der Waals surface area contributed by atoms with E-state index in [1.54, 1.807) is 0 Å². The third kappa shape index (κ3) is 48.1. The Morgan fingerprint density at radius 2 is 0.833 bits per heavy atom. The van der Waals surface area contributed by atoms with E-state index >= 15 is 0 Å². The first-order valence-corrected chi connectivity index (χ1v) is 6.00. The molecule has 0 saturated heterocycles. The maximum atomic E-state index is 2.33. The Labute approximate surface area is 73.4 Å². The molecule has 0 nitrogen and oxygen atoms in total. The van der Waals surface area contributed by atoms with Crippen LogP contribution in [0.25, 0.3) is 0 Å². The summed E-state index contributed by atoms with van der Waals surface area (Å²) in [5, 5.41) is 0. The van der Waals surface area contributed by atoms with E-state index in [4.69, 9.17) is 0 Å². The largest absolute Gasteiger partial charge is 0.0697 e. The van der Waals surface area contributed by atoms with Gasteiger partial charge in [-0.25, -0.2) is 0 Å². The Morgan fingerprint density at radius 3 is 0.833 bits per heavy atom. The Hall–Kier alpha value is 1.54. The summed E-state index contributed by atoms with van der Waals surface area (Å²) in [6.07, 6.45) is 0. The summed E-state index contributed by atoms with van der Waals surface area (Å²) in [5.41, 5.74) is 0. The monoisotopic (exact) mass is 320 g/mol. The van der Waals surface area contributed by atoms with Crippen LogP contribution >= 0.6 is 0 Å². The van der Waals surface area contributed by atoms with Gasteiger partial charge in [-0.2, -0.15) is 0 Å². The van der Waals surface area contributed by atoms with Gasteiger partial charge in [0, 0.05) is 48.0 Å². The van der Waals surface area contributed by atoms with Crippen molar-refractivity contribution in [3.8, 4) is 0 Å². The molecule has 0 radical (unpaired) electrons. The first-order chi connectivity index (χ1) is 2.00. The number of rotatable bonds is 0. The molecule has 0 aliphatic carbocycles. The predicted octanol–water partition coefficient (Wildman–Crippen LogP) is 1.95. The van der Waals surface area contributed by atoms with Crippen LogP contribution in [0.3, 0.4) is 0 Å². The molecule has 0 N–H and O–H groups in total. The van der Waals surface area contributed by atoms with Crippen LogP contribution in [0.4, 0.5) is 0 Å². The van der Waals surface area contributed by atoms with Gasteiger partial charge < -0.3 is 0 Å². The topological polar surface area (TPSA) is 0 Å². The Balaban J connectivity index is 0. The van der Waals surface area contributed by atoms with Crippen molar-refractivity contribution in [2.75, 3.05) is 0 Å². The van der Waals surface area contributed by atoms with Crippen LogP contribution in [0.15, 0.2) is 0 Å². The van der Waals surface area contributed by atoms with E-state index in [1.165, 1.54) is 0 Å². The van der Waals surface area contributed by atoms with Gasteiger partial charge in [0.15, 0.2) is 0 Å². The molecule has 0 rings (SSSR count). The Kier molecular flexibility index (Phi) is 6.19. The van der Waals surface area contributed by atoms with E-state index in [-0.39, 0.29) is 39.9 Å². The number of hydrogen-bond donors (Lipinski definition) is 0. The maximum Gasteiger partial charge on any atom is 0.0411 e. The molecular formula is C4H12SiTh. The van der Waals surface area contributed by atoms with Crippen molar-refractivity contribution in [3.63, 3.8) is 0 Å². The van der Waals surface area contributed by atoms with Crippen LogP contribution in [0, 0.1) is 39.9 Å². The molecule has 36 valence electrons. The summed E-state index contributed by atoms with van der Waals surface area (Å²) in [4.78, 5) is 0. The van der Waals surface area contributed by atoms with Gasteiger partial charge in [-0.15, -0.1) is 0 Å². The first-order valence-electron chi connectivity index (χ1n) is 2.00. The molecule has 0 bridgehead atoms. The summed E-state index contributed by atoms with van der Waals surface area (Å²) >= 11 is 0. The molecule has 0 aromatic carbocycles. The van der Waals surface area contributed by atoms with Crippen molar-refractivity contribution in [2.24, 2.45) is 0 Å². The quantitative estimate of drug-likeness (QED) is 0.599. The summed E-state index contributed by atoms with van der Waals surface area (Å²) in [6.45, 7) is 9.31. The first kappa shape index (κ1) is 10.5. The van der Waals surface area contributed by atoms with Crippen molar-refractivity contribution >= 4 is 8.07 Å². The van der Waals surface area contributed by atoms with Gasteiger partial charge in [0.1, 0.15) is 0 Å². The van der Waals surface area contributed by atoms with Gasteiger partial charge in [0.25, 0.3) is 0 Å². The van der Waals surface area contributed by atoms with Gasteiger partial charge in [0.2, 0.25) is 0 Å². The Morgan fingerprint density at radius 1 is 0.833 bits per heavy atom. The summed E-state index contributed by atoms with van der Waals surface area (Å²) in [7, 11) is -0.611. The van der Waals surface area contributed by atoms with Crippen LogP contribution in [0.5, 0.6) is 0 Å². The van der Waals surface area contributed by atoms with Gasteiger partial charge in [0.05, 0.1) is 0 Å². The van der Waals surface area contributed by atoms with E-state index in [9.17, 15) is 0 Å². The minimum atomic E-state index is -0.611. The normalized spacial score (nSPS) is 10.0. The fourth-order valence-corrected chi connectivity index (χ4v) is 0. The zero-order chi connectivity index (χ0) is 4.50. The number of hydrogen-bond acceptors (Lipinski definition) is 0. The van der Waals surface area contributed by atoms with E-state index in [2.05, 4.69) is 26.2 Å². The minimum absolute atomic E-state index is 0. The zero-order valence-corrected chi connectivity index (χ0v) is 10.1. The molecule has 0 atom stereocenters. The maximum absolute atomic E-state index is 2.33. The van der Waals surface area contributed by atoms with Gasteiger partial charge in [-0.3, -0.25) is 0 Å². The van der Waals surface area contributed by atoms with Crippen LogP contribution < -0.4 is 0 Å². The van der Waals surface area contributed by atoms with Gasteiger partial charge >= 0.3 is 0 Å². The van der Waals surface area contributed by atoms with E-state index in [1.807, 2.05) is 0 Å². The van der Waals surface area contributed by atoms with Gasteiger partial charge in [-0.1, -0.05) is 26.2 Å². The van der Waals surface area contributed by atoms with Crippen molar-refractivity contribution < 1.29 is 39.9 Å². The van der Waals surface area contributed by atoms with Crippen LogP contribution in [0.1, 0.15) is 0 Å². The molecule has 2 heteroatoms. The average Bonchev–Trinajstić information content (AvgIpc) is 0.722. The third-order valence-corrected chi connectivity index (χ3v) is 0. The molecule has 0 aliphatic heterocycles. The van der Waals surface area contributed by atoms with Crippen molar-refractivity contribution in [2.45, 2.75) is 26.2 Å². The standard InChI is InChI=1S/C4H12Si.Th/c1-5(2,3)4;/h1-4H3;. The Bertz CT molecular complexity index is 23.0. The van der Waals surface area contributed by atoms with Crippen LogP contribution in [-0.2, 0) is 0 Å². The molecule has 0 aromatic rings. The fraction of sp³-hybridized carbons (Fsp3) is 1.00. The molecule has 0 aromatic heterocycles. The van der Waals surface area contributed by atoms with E-state index in [0.717, 1.165) is 0 Å². The minimum Gasteiger partial charge on any atom is -0.0697 e. The van der Waals surface area contributed by atoms with E-state index < -0.39 is 8.07 Å². The summed E-state index contributed by atoms with van der Waals surface area (Å²) in [6, 6.07) is 0. The molecule has 0 unspecified atom stereocenters. The second kappa shape index (κ2) is 3.53. The second-order valence-corrected chi connectivity index (χ2v) is 9.00. The smallest absolute Gasteiger partial charge is 0.0411 e. The van der Waals surface area contributed by atoms with Crippen molar-refractivity contribution in [3.05, 3.63) is 0 Å². The molecular weight excluding hydrogens is 308 g/mol. The molecule has 6 heavy (non-hydrogen) atoms. The zero-order valence-electron chi connectivity index (χ0n) is 5.00. The van der Waals surface area contributed by atoms with Crippen molar-refractivity contribution in [1.82, 2.24) is 0 Å². The summed E-state index contributed by atoms with van der Waals surface area (Å²) < 4.78 is 0. The fourth-order valence-electron chi connectivity index (χ4n) is 0. The summed E-state index contributed by atoms with van der Waals surface area (Å²) in [5.74, 6) is 0. The van der Waals surface area contributed by atoms with E-state index in [0.29, 0.717) is 0 Å². The molecule has 0 spiro atoms. The van der Waals surface area contributed by atoms with Crippen LogP contribution in [0.2, 0.25) is 26.2 Å². The van der Waals surface area contributed by atoms with Gasteiger partial charge in [-0.05, 0) is 0 Å². The third-order valence-electron chi connectivity index (χ3n) is 0. The predicted molar refractivity (Wildman–Crippen MR) is 29.2 cm³/mol. The van der Waals surface area contributed by atoms with Crippen molar-refractivity contribution in [1.29, 1.82) is 0 Å². The SMILES string of the molecule is C[Si](C)(C)C.[Th].